The van der Waals surface area contributed by atoms with Crippen molar-refractivity contribution >= 4 is 0 Å². The van der Waals surface area contributed by atoms with E-state index >= 15 is 0 Å². The van der Waals surface area contributed by atoms with E-state index in [1.807, 2.05) is 36.4 Å². The Balaban J connectivity index is 1.89. The summed E-state index contributed by atoms with van der Waals surface area (Å²) >= 11 is 0. The average molecular weight is 274 g/mol. The average Bonchev–Trinajstić information content (AvgIpc) is 2.55. The number of rotatable bonds is 4. The lowest BCUT2D eigenvalue weighted by Crippen LogP contribution is -1.94. The number of hydrogen-bond donors (Lipinski definition) is 1. The van der Waals surface area contributed by atoms with Crippen molar-refractivity contribution in [2.45, 2.75) is 12.8 Å². The van der Waals surface area contributed by atoms with Crippen LogP contribution in [0.2, 0.25) is 0 Å². The number of hydrogen-bond acceptors (Lipinski definition) is 1. The molecule has 0 aromatic heterocycles. The molecule has 0 aliphatic carbocycles. The minimum atomic E-state index is 0.331. The van der Waals surface area contributed by atoms with Crippen LogP contribution >= 0.6 is 0 Å². The zero-order valence-corrected chi connectivity index (χ0v) is 11.9. The predicted octanol–water partition coefficient (Wildman–Crippen LogP) is 4.84. The monoisotopic (exact) mass is 274 g/mol. The SMILES string of the molecule is Oc1ccc(-c2ccccc2)c(CCc2ccccc2)c1. The Morgan fingerprint density at radius 3 is 2.05 bits per heavy atom. The Labute approximate surface area is 125 Å². The van der Waals surface area contributed by atoms with Crippen molar-refractivity contribution < 1.29 is 5.11 Å². The summed E-state index contributed by atoms with van der Waals surface area (Å²) in [5, 5.41) is 9.78. The molecule has 0 unspecified atom stereocenters. The van der Waals surface area contributed by atoms with Gasteiger partial charge >= 0.3 is 0 Å². The first-order valence-corrected chi connectivity index (χ1v) is 7.24. The van der Waals surface area contributed by atoms with Crippen molar-refractivity contribution in [3.63, 3.8) is 0 Å². The Hall–Kier alpha value is -2.54. The van der Waals surface area contributed by atoms with Crippen molar-refractivity contribution in [1.29, 1.82) is 0 Å². The fourth-order valence-electron chi connectivity index (χ4n) is 2.61. The van der Waals surface area contributed by atoms with Gasteiger partial charge in [-0.25, -0.2) is 0 Å². The maximum Gasteiger partial charge on any atom is 0.115 e. The first-order chi connectivity index (χ1) is 10.3. The van der Waals surface area contributed by atoms with E-state index in [0.717, 1.165) is 12.8 Å². The van der Waals surface area contributed by atoms with Crippen LogP contribution in [0, 0.1) is 0 Å². The highest BCUT2D eigenvalue weighted by Crippen LogP contribution is 2.28. The van der Waals surface area contributed by atoms with E-state index < -0.39 is 0 Å². The van der Waals surface area contributed by atoms with Gasteiger partial charge < -0.3 is 5.11 Å². The molecule has 0 spiro atoms. The smallest absolute Gasteiger partial charge is 0.115 e. The van der Waals surface area contributed by atoms with Crippen molar-refractivity contribution in [3.8, 4) is 16.9 Å². The summed E-state index contributed by atoms with van der Waals surface area (Å²) in [6.45, 7) is 0. The normalized spacial score (nSPS) is 10.5. The van der Waals surface area contributed by atoms with Crippen molar-refractivity contribution in [3.05, 3.63) is 90.0 Å². The zero-order valence-electron chi connectivity index (χ0n) is 11.9. The molecule has 0 saturated carbocycles. The number of aromatic hydroxyl groups is 1. The van der Waals surface area contributed by atoms with Gasteiger partial charge in [-0.15, -0.1) is 0 Å². The third kappa shape index (κ3) is 3.32. The molecule has 3 aromatic rings. The van der Waals surface area contributed by atoms with Crippen molar-refractivity contribution in [2.75, 3.05) is 0 Å². The second-order valence-corrected chi connectivity index (χ2v) is 5.19. The molecule has 3 aromatic carbocycles. The van der Waals surface area contributed by atoms with E-state index in [1.165, 1.54) is 22.3 Å². The van der Waals surface area contributed by atoms with E-state index in [-0.39, 0.29) is 0 Å². The standard InChI is InChI=1S/C20H18O/c21-19-13-14-20(17-9-5-2-6-10-17)18(15-19)12-11-16-7-3-1-4-8-16/h1-10,13-15,21H,11-12H2. The van der Waals surface area contributed by atoms with Gasteiger partial charge in [0.1, 0.15) is 5.75 Å². The van der Waals surface area contributed by atoms with Crippen LogP contribution in [0.4, 0.5) is 0 Å². The molecule has 0 radical (unpaired) electrons. The van der Waals surface area contributed by atoms with E-state index in [0.29, 0.717) is 5.75 Å². The van der Waals surface area contributed by atoms with Gasteiger partial charge in [-0.1, -0.05) is 66.7 Å². The molecule has 21 heavy (non-hydrogen) atoms. The molecule has 0 aliphatic rings. The molecule has 3 rings (SSSR count). The van der Waals surface area contributed by atoms with Crippen LogP contribution in [0.25, 0.3) is 11.1 Å². The predicted molar refractivity (Wildman–Crippen MR) is 87.4 cm³/mol. The zero-order chi connectivity index (χ0) is 14.5. The molecular weight excluding hydrogens is 256 g/mol. The van der Waals surface area contributed by atoms with Crippen LogP contribution < -0.4 is 0 Å². The molecule has 1 N–H and O–H groups in total. The maximum atomic E-state index is 9.78. The van der Waals surface area contributed by atoms with Crippen LogP contribution in [0.3, 0.4) is 0 Å². The van der Waals surface area contributed by atoms with Crippen molar-refractivity contribution in [2.24, 2.45) is 0 Å². The lowest BCUT2D eigenvalue weighted by molar-refractivity contribution is 0.474. The fourth-order valence-corrected chi connectivity index (χ4v) is 2.61. The molecule has 0 aliphatic heterocycles. The first kappa shape index (κ1) is 13.4. The maximum absolute atomic E-state index is 9.78. The number of benzene rings is 3. The topological polar surface area (TPSA) is 20.2 Å². The van der Waals surface area contributed by atoms with Gasteiger partial charge in [0.25, 0.3) is 0 Å². The Kier molecular flexibility index (Phi) is 4.02. The van der Waals surface area contributed by atoms with Gasteiger partial charge in [-0.05, 0) is 47.2 Å². The third-order valence-corrected chi connectivity index (χ3v) is 3.70. The lowest BCUT2D eigenvalue weighted by atomic mass is 9.95. The molecule has 0 amide bonds. The minimum absolute atomic E-state index is 0.331. The highest BCUT2D eigenvalue weighted by atomic mass is 16.3. The highest BCUT2D eigenvalue weighted by Gasteiger charge is 2.06. The number of phenolic OH excluding ortho intramolecular Hbond substituents is 1. The molecular formula is C20H18O. The minimum Gasteiger partial charge on any atom is -0.508 e. The van der Waals surface area contributed by atoms with Gasteiger partial charge in [0.2, 0.25) is 0 Å². The first-order valence-electron chi connectivity index (χ1n) is 7.24. The largest absolute Gasteiger partial charge is 0.508 e. The summed E-state index contributed by atoms with van der Waals surface area (Å²) < 4.78 is 0. The van der Waals surface area contributed by atoms with Crippen LogP contribution in [-0.2, 0) is 12.8 Å². The summed E-state index contributed by atoms with van der Waals surface area (Å²) in [6, 6.07) is 26.4. The summed E-state index contributed by atoms with van der Waals surface area (Å²) in [7, 11) is 0. The summed E-state index contributed by atoms with van der Waals surface area (Å²) in [5.74, 6) is 0.331. The Bertz CT molecular complexity index is 702. The highest BCUT2D eigenvalue weighted by molar-refractivity contribution is 5.68. The van der Waals surface area contributed by atoms with Gasteiger partial charge in [0.05, 0.1) is 0 Å². The molecule has 0 heterocycles. The van der Waals surface area contributed by atoms with Gasteiger partial charge in [-0.3, -0.25) is 0 Å². The molecule has 1 heteroatoms. The Morgan fingerprint density at radius 2 is 1.33 bits per heavy atom. The Morgan fingerprint density at radius 1 is 0.667 bits per heavy atom. The summed E-state index contributed by atoms with van der Waals surface area (Å²) in [6.07, 6.45) is 1.90. The van der Waals surface area contributed by atoms with Crippen LogP contribution in [0.1, 0.15) is 11.1 Å². The molecule has 1 nitrogen and oxygen atoms in total. The van der Waals surface area contributed by atoms with Crippen LogP contribution in [-0.4, -0.2) is 5.11 Å². The molecule has 0 bridgehead atoms. The van der Waals surface area contributed by atoms with Gasteiger partial charge in [0, 0.05) is 0 Å². The van der Waals surface area contributed by atoms with E-state index in [2.05, 4.69) is 36.4 Å². The van der Waals surface area contributed by atoms with Crippen molar-refractivity contribution in [1.82, 2.24) is 0 Å². The fraction of sp³-hybridized carbons (Fsp3) is 0.100. The summed E-state index contributed by atoms with van der Waals surface area (Å²) in [5.41, 5.74) is 4.90. The molecule has 0 fully saturated rings. The number of aryl methyl sites for hydroxylation is 2. The summed E-state index contributed by atoms with van der Waals surface area (Å²) in [4.78, 5) is 0. The van der Waals surface area contributed by atoms with Crippen LogP contribution in [0.15, 0.2) is 78.9 Å². The van der Waals surface area contributed by atoms with E-state index in [1.54, 1.807) is 6.07 Å². The molecule has 0 atom stereocenters. The molecule has 104 valence electrons. The number of phenols is 1. The molecule has 0 saturated heterocycles. The quantitative estimate of drug-likeness (QED) is 0.721. The van der Waals surface area contributed by atoms with Gasteiger partial charge in [0.15, 0.2) is 0 Å². The van der Waals surface area contributed by atoms with E-state index in [9.17, 15) is 5.11 Å². The third-order valence-electron chi connectivity index (χ3n) is 3.70. The van der Waals surface area contributed by atoms with Crippen LogP contribution in [0.5, 0.6) is 5.75 Å². The lowest BCUT2D eigenvalue weighted by Gasteiger charge is -2.11. The van der Waals surface area contributed by atoms with Gasteiger partial charge in [-0.2, -0.15) is 0 Å². The second-order valence-electron chi connectivity index (χ2n) is 5.19. The second kappa shape index (κ2) is 6.27. The van der Waals surface area contributed by atoms with E-state index in [4.69, 9.17) is 0 Å².